The van der Waals surface area contributed by atoms with Crippen LogP contribution in [0.25, 0.3) is 11.1 Å². The van der Waals surface area contributed by atoms with Crippen LogP contribution in [0.1, 0.15) is 50.2 Å². The number of fused-ring (bicyclic) bond motifs is 3. The normalized spacial score (nSPS) is 27.4. The van der Waals surface area contributed by atoms with Gasteiger partial charge in [-0.05, 0) is 54.4 Å². The highest BCUT2D eigenvalue weighted by atomic mass is 16.5. The standard InChI is InChI=1S/C28H32N2O5/c1-17-14-30(16-28(17,2)26(32)33)25(31)18-11-12-19(13-18)29-27(34)35-15-24-22-9-5-3-7-20(22)21-8-4-6-10-23(21)24/h3-10,17-19,24H,11-16H2,1-2H3,(H,29,34)(H,32,33)/t17-,18-,19+,28-/m1/s1. The van der Waals surface area contributed by atoms with Crippen LogP contribution in [0.2, 0.25) is 0 Å². The summed E-state index contributed by atoms with van der Waals surface area (Å²) in [4.78, 5) is 39.1. The molecule has 0 spiro atoms. The van der Waals surface area contributed by atoms with E-state index in [1.54, 1.807) is 11.8 Å². The third-order valence-corrected chi connectivity index (χ3v) is 8.35. The molecule has 7 heteroatoms. The molecular weight excluding hydrogens is 444 g/mol. The molecular formula is C28H32N2O5. The molecule has 1 aliphatic heterocycles. The average Bonchev–Trinajstić information content (AvgIpc) is 3.52. The van der Waals surface area contributed by atoms with Gasteiger partial charge in [0.25, 0.3) is 0 Å². The van der Waals surface area contributed by atoms with Crippen molar-refractivity contribution in [3.05, 3.63) is 59.7 Å². The summed E-state index contributed by atoms with van der Waals surface area (Å²) in [5, 5.41) is 12.5. The number of hydrogen-bond donors (Lipinski definition) is 2. The van der Waals surface area contributed by atoms with Crippen molar-refractivity contribution in [2.75, 3.05) is 19.7 Å². The van der Waals surface area contributed by atoms with Crippen molar-refractivity contribution < 1.29 is 24.2 Å². The number of nitrogens with zero attached hydrogens (tertiary/aromatic N) is 1. The molecule has 2 aromatic carbocycles. The predicted octanol–water partition coefficient (Wildman–Crippen LogP) is 4.26. The van der Waals surface area contributed by atoms with Crippen LogP contribution in [0.5, 0.6) is 0 Å². The van der Waals surface area contributed by atoms with Gasteiger partial charge in [-0.15, -0.1) is 0 Å². The maximum Gasteiger partial charge on any atom is 0.407 e. The van der Waals surface area contributed by atoms with Crippen LogP contribution in [-0.4, -0.2) is 53.7 Å². The lowest BCUT2D eigenvalue weighted by Crippen LogP contribution is -2.39. The number of benzene rings is 2. The molecule has 5 rings (SSSR count). The summed E-state index contributed by atoms with van der Waals surface area (Å²) in [5.41, 5.74) is 3.80. The van der Waals surface area contributed by atoms with E-state index in [1.165, 1.54) is 22.3 Å². The molecule has 0 unspecified atom stereocenters. The molecule has 2 aromatic rings. The lowest BCUT2D eigenvalue weighted by atomic mass is 9.81. The Morgan fingerprint density at radius 3 is 2.29 bits per heavy atom. The Morgan fingerprint density at radius 1 is 1.06 bits per heavy atom. The second-order valence-electron chi connectivity index (χ2n) is 10.5. The maximum absolute atomic E-state index is 13.1. The summed E-state index contributed by atoms with van der Waals surface area (Å²) in [6.07, 6.45) is 1.48. The van der Waals surface area contributed by atoms with Crippen molar-refractivity contribution in [3.8, 4) is 11.1 Å². The van der Waals surface area contributed by atoms with E-state index in [2.05, 4.69) is 29.6 Å². The van der Waals surface area contributed by atoms with Gasteiger partial charge in [0.1, 0.15) is 6.61 Å². The molecule has 35 heavy (non-hydrogen) atoms. The van der Waals surface area contributed by atoms with Gasteiger partial charge in [0.2, 0.25) is 5.91 Å². The Hall–Kier alpha value is -3.35. The maximum atomic E-state index is 13.1. The summed E-state index contributed by atoms with van der Waals surface area (Å²) >= 11 is 0. The van der Waals surface area contributed by atoms with Crippen LogP contribution >= 0.6 is 0 Å². The molecule has 0 aromatic heterocycles. The number of carboxylic acids is 1. The van der Waals surface area contributed by atoms with Crippen LogP contribution in [0.3, 0.4) is 0 Å². The summed E-state index contributed by atoms with van der Waals surface area (Å²) in [5.74, 6) is -1.15. The smallest absolute Gasteiger partial charge is 0.407 e. The number of carbonyl (C=O) groups excluding carboxylic acids is 2. The highest BCUT2D eigenvalue weighted by Gasteiger charge is 2.49. The Balaban J connectivity index is 1.15. The molecule has 4 atom stereocenters. The Labute approximate surface area is 205 Å². The summed E-state index contributed by atoms with van der Waals surface area (Å²) in [6, 6.07) is 16.3. The van der Waals surface area contributed by atoms with Gasteiger partial charge in [0.15, 0.2) is 0 Å². The molecule has 2 amide bonds. The molecule has 1 saturated carbocycles. The number of amides is 2. The third kappa shape index (κ3) is 4.17. The Morgan fingerprint density at radius 2 is 1.69 bits per heavy atom. The number of carboxylic acid groups (broad SMARTS) is 1. The topological polar surface area (TPSA) is 95.9 Å². The van der Waals surface area contributed by atoms with E-state index in [9.17, 15) is 19.5 Å². The van der Waals surface area contributed by atoms with Crippen molar-refractivity contribution >= 4 is 18.0 Å². The van der Waals surface area contributed by atoms with Gasteiger partial charge < -0.3 is 20.1 Å². The SMILES string of the molecule is C[C@@H]1CN(C(=O)[C@@H]2CC[C@H](NC(=O)OCC3c4ccccc4-c4ccccc43)C2)C[C@@]1(C)C(=O)O. The van der Waals surface area contributed by atoms with Gasteiger partial charge in [-0.1, -0.05) is 55.5 Å². The van der Waals surface area contributed by atoms with Crippen molar-refractivity contribution in [3.63, 3.8) is 0 Å². The molecule has 7 nitrogen and oxygen atoms in total. The zero-order valence-electron chi connectivity index (χ0n) is 20.2. The van der Waals surface area contributed by atoms with Crippen LogP contribution < -0.4 is 5.32 Å². The van der Waals surface area contributed by atoms with E-state index in [0.717, 1.165) is 0 Å². The minimum atomic E-state index is -0.910. The van der Waals surface area contributed by atoms with Crippen LogP contribution in [-0.2, 0) is 14.3 Å². The number of ether oxygens (including phenoxy) is 1. The van der Waals surface area contributed by atoms with E-state index in [0.29, 0.717) is 25.8 Å². The highest BCUT2D eigenvalue weighted by Crippen LogP contribution is 2.44. The summed E-state index contributed by atoms with van der Waals surface area (Å²) in [6.45, 7) is 4.56. The van der Waals surface area contributed by atoms with Crippen LogP contribution in [0.4, 0.5) is 4.79 Å². The van der Waals surface area contributed by atoms with Crippen molar-refractivity contribution in [2.24, 2.45) is 17.3 Å². The minimum Gasteiger partial charge on any atom is -0.481 e. The van der Waals surface area contributed by atoms with Crippen molar-refractivity contribution in [1.82, 2.24) is 10.2 Å². The molecule has 1 saturated heterocycles. The lowest BCUT2D eigenvalue weighted by molar-refractivity contribution is -0.149. The molecule has 2 N–H and O–H groups in total. The number of alkyl carbamates (subject to hydrolysis) is 1. The van der Waals surface area contributed by atoms with Gasteiger partial charge in [0, 0.05) is 31.0 Å². The lowest BCUT2D eigenvalue weighted by Gasteiger charge is -2.23. The zero-order chi connectivity index (χ0) is 24.7. The van der Waals surface area contributed by atoms with Crippen molar-refractivity contribution in [1.29, 1.82) is 0 Å². The number of aliphatic carboxylic acids is 1. The minimum absolute atomic E-state index is 0.00124. The quantitative estimate of drug-likeness (QED) is 0.672. The first-order valence-electron chi connectivity index (χ1n) is 12.4. The summed E-state index contributed by atoms with van der Waals surface area (Å²) < 4.78 is 5.65. The molecule has 1 heterocycles. The number of carbonyl (C=O) groups is 3. The highest BCUT2D eigenvalue weighted by molar-refractivity contribution is 5.83. The van der Waals surface area contributed by atoms with Gasteiger partial charge in [0.05, 0.1) is 5.41 Å². The zero-order valence-corrected chi connectivity index (χ0v) is 20.2. The molecule has 2 aliphatic carbocycles. The molecule has 3 aliphatic rings. The first-order valence-corrected chi connectivity index (χ1v) is 12.4. The summed E-state index contributed by atoms with van der Waals surface area (Å²) in [7, 11) is 0. The largest absolute Gasteiger partial charge is 0.481 e. The van der Waals surface area contributed by atoms with Gasteiger partial charge >= 0.3 is 12.1 Å². The number of nitrogens with one attached hydrogen (secondary N) is 1. The second-order valence-corrected chi connectivity index (χ2v) is 10.5. The van der Waals surface area contributed by atoms with E-state index in [-0.39, 0.29) is 42.9 Å². The molecule has 0 radical (unpaired) electrons. The van der Waals surface area contributed by atoms with Gasteiger partial charge in [-0.3, -0.25) is 9.59 Å². The number of rotatable bonds is 5. The first-order chi connectivity index (χ1) is 16.8. The van der Waals surface area contributed by atoms with Crippen molar-refractivity contribution in [2.45, 2.75) is 45.1 Å². The Kier molecular flexibility index (Phi) is 6.03. The van der Waals surface area contributed by atoms with E-state index in [1.807, 2.05) is 31.2 Å². The van der Waals surface area contributed by atoms with Gasteiger partial charge in [-0.2, -0.15) is 0 Å². The fourth-order valence-corrected chi connectivity index (χ4v) is 6.00. The van der Waals surface area contributed by atoms with Crippen LogP contribution in [0.15, 0.2) is 48.5 Å². The monoisotopic (exact) mass is 476 g/mol. The van der Waals surface area contributed by atoms with Gasteiger partial charge in [-0.25, -0.2) is 4.79 Å². The number of likely N-dealkylation sites (tertiary alicyclic amines) is 1. The first kappa shape index (κ1) is 23.4. The van der Waals surface area contributed by atoms with E-state index in [4.69, 9.17) is 4.74 Å². The average molecular weight is 477 g/mol. The predicted molar refractivity (Wildman–Crippen MR) is 131 cm³/mol. The molecule has 184 valence electrons. The fraction of sp³-hybridized carbons (Fsp3) is 0.464. The third-order valence-electron chi connectivity index (χ3n) is 8.35. The second kappa shape index (κ2) is 9.02. The Bertz CT molecular complexity index is 1120. The molecule has 0 bridgehead atoms. The fourth-order valence-electron chi connectivity index (χ4n) is 6.00. The number of hydrogen-bond acceptors (Lipinski definition) is 4. The molecule has 2 fully saturated rings. The van der Waals surface area contributed by atoms with E-state index >= 15 is 0 Å². The van der Waals surface area contributed by atoms with E-state index < -0.39 is 17.5 Å². The van der Waals surface area contributed by atoms with Crippen LogP contribution in [0, 0.1) is 17.3 Å².